The lowest BCUT2D eigenvalue weighted by atomic mass is 9.94. The van der Waals surface area contributed by atoms with Crippen molar-refractivity contribution in [2.45, 2.75) is 63.5 Å². The number of rotatable bonds is 12. The summed E-state index contributed by atoms with van der Waals surface area (Å²) < 4.78 is 5.31. The van der Waals surface area contributed by atoms with Gasteiger partial charge in [0.1, 0.15) is 0 Å². The van der Waals surface area contributed by atoms with Crippen molar-refractivity contribution in [3.8, 4) is 0 Å². The minimum atomic E-state index is -0.869. The summed E-state index contributed by atoms with van der Waals surface area (Å²) in [5, 5.41) is 18.9. The van der Waals surface area contributed by atoms with Crippen molar-refractivity contribution in [2.75, 3.05) is 19.8 Å². The molecule has 1 aromatic rings. The van der Waals surface area contributed by atoms with Crippen LogP contribution in [-0.4, -0.2) is 63.9 Å². The predicted octanol–water partition coefficient (Wildman–Crippen LogP) is 2.03. The van der Waals surface area contributed by atoms with Gasteiger partial charge < -0.3 is 19.8 Å². The molecule has 7 nitrogen and oxygen atoms in total. The highest BCUT2D eigenvalue weighted by molar-refractivity contribution is 5.77. The lowest BCUT2D eigenvalue weighted by molar-refractivity contribution is -0.138. The van der Waals surface area contributed by atoms with Crippen molar-refractivity contribution in [3.63, 3.8) is 0 Å². The van der Waals surface area contributed by atoms with Crippen LogP contribution in [0.2, 0.25) is 0 Å². The van der Waals surface area contributed by atoms with E-state index < -0.39 is 12.1 Å². The summed E-state index contributed by atoms with van der Waals surface area (Å²) in [6, 6.07) is 3.98. The van der Waals surface area contributed by atoms with Gasteiger partial charge in [0, 0.05) is 38.0 Å². The van der Waals surface area contributed by atoms with Crippen LogP contribution in [0.3, 0.4) is 0 Å². The number of likely N-dealkylation sites (tertiary alicyclic amines) is 1. The van der Waals surface area contributed by atoms with Crippen molar-refractivity contribution in [1.82, 2.24) is 9.88 Å². The van der Waals surface area contributed by atoms with Crippen molar-refractivity contribution >= 4 is 11.9 Å². The molecule has 0 saturated carbocycles. The maximum Gasteiger partial charge on any atom is 0.305 e. The van der Waals surface area contributed by atoms with Crippen LogP contribution in [0.4, 0.5) is 0 Å². The second kappa shape index (κ2) is 11.7. The minimum absolute atomic E-state index is 0.0000918. The normalized spacial score (nSPS) is 18.5. The summed E-state index contributed by atoms with van der Waals surface area (Å²) in [6.45, 7) is 1.27. The van der Waals surface area contributed by atoms with Crippen LogP contribution in [0.15, 0.2) is 24.5 Å². The highest BCUT2D eigenvalue weighted by Crippen LogP contribution is 2.23. The Morgan fingerprint density at radius 3 is 3.00 bits per heavy atom. The van der Waals surface area contributed by atoms with Gasteiger partial charge in [-0.2, -0.15) is 0 Å². The fourth-order valence-corrected chi connectivity index (χ4v) is 3.48. The number of aliphatic carboxylic acids is 1. The molecular formula is C20H30N2O5. The Hall–Kier alpha value is -1.99. The summed E-state index contributed by atoms with van der Waals surface area (Å²) in [6.07, 6.45) is 8.19. The molecule has 1 saturated heterocycles. The van der Waals surface area contributed by atoms with E-state index in [0.717, 1.165) is 24.8 Å². The van der Waals surface area contributed by atoms with Crippen LogP contribution < -0.4 is 0 Å². The molecule has 0 aliphatic carbocycles. The third-order valence-electron chi connectivity index (χ3n) is 4.86. The summed E-state index contributed by atoms with van der Waals surface area (Å²) in [5.41, 5.74) is 1.01. The van der Waals surface area contributed by atoms with E-state index in [2.05, 4.69) is 4.98 Å². The van der Waals surface area contributed by atoms with Crippen molar-refractivity contribution in [1.29, 1.82) is 0 Å². The maximum atomic E-state index is 12.3. The number of ether oxygens (including phenoxy) is 1. The summed E-state index contributed by atoms with van der Waals surface area (Å²) in [4.78, 5) is 28.7. The third-order valence-corrected chi connectivity index (χ3v) is 4.86. The number of carbonyl (C=O) groups excluding carboxylic acids is 1. The number of piperidine rings is 1. The van der Waals surface area contributed by atoms with Gasteiger partial charge in [-0.3, -0.25) is 14.6 Å². The van der Waals surface area contributed by atoms with Gasteiger partial charge in [0.05, 0.1) is 19.1 Å². The Bertz CT molecular complexity index is 581. The quantitative estimate of drug-likeness (QED) is 0.540. The fraction of sp³-hybridized carbons (Fsp3) is 0.650. The van der Waals surface area contributed by atoms with Gasteiger partial charge in [0.2, 0.25) is 5.91 Å². The van der Waals surface area contributed by atoms with Crippen LogP contribution in [0.25, 0.3) is 0 Å². The summed E-state index contributed by atoms with van der Waals surface area (Å²) >= 11 is 0. The number of aliphatic hydroxyl groups is 1. The van der Waals surface area contributed by atoms with E-state index in [9.17, 15) is 14.7 Å². The monoisotopic (exact) mass is 378 g/mol. The molecule has 2 rings (SSSR count). The van der Waals surface area contributed by atoms with E-state index >= 15 is 0 Å². The summed E-state index contributed by atoms with van der Waals surface area (Å²) in [5.74, 6) is -0.704. The maximum absolute atomic E-state index is 12.3. The molecule has 1 aliphatic heterocycles. The number of aliphatic hydroxyl groups excluding tert-OH is 1. The number of aromatic nitrogens is 1. The van der Waals surface area contributed by atoms with Gasteiger partial charge >= 0.3 is 5.97 Å². The number of hydrogen-bond acceptors (Lipinski definition) is 5. The highest BCUT2D eigenvalue weighted by Gasteiger charge is 2.27. The Morgan fingerprint density at radius 2 is 2.26 bits per heavy atom. The molecule has 1 fully saturated rings. The molecule has 1 aliphatic rings. The SMILES string of the molecule is O=C(O)CCOCCCN1C(=O)CCC[C@@H]1CCC(O)Cc1cccnc1. The van der Waals surface area contributed by atoms with Gasteiger partial charge in [0.25, 0.3) is 0 Å². The van der Waals surface area contributed by atoms with E-state index in [4.69, 9.17) is 9.84 Å². The first-order valence-corrected chi connectivity index (χ1v) is 9.72. The van der Waals surface area contributed by atoms with Gasteiger partial charge in [-0.1, -0.05) is 6.07 Å². The Labute approximate surface area is 160 Å². The number of carbonyl (C=O) groups is 2. The van der Waals surface area contributed by atoms with Gasteiger partial charge in [-0.15, -0.1) is 0 Å². The second-order valence-electron chi connectivity index (χ2n) is 7.04. The zero-order valence-corrected chi connectivity index (χ0v) is 15.8. The predicted molar refractivity (Wildman–Crippen MR) is 100 cm³/mol. The average Bonchev–Trinajstić information content (AvgIpc) is 2.65. The zero-order chi connectivity index (χ0) is 19.5. The largest absolute Gasteiger partial charge is 0.481 e. The first-order valence-electron chi connectivity index (χ1n) is 9.72. The molecule has 1 aromatic heterocycles. The highest BCUT2D eigenvalue weighted by atomic mass is 16.5. The third kappa shape index (κ3) is 8.05. The van der Waals surface area contributed by atoms with Crippen molar-refractivity contribution < 1.29 is 24.5 Å². The average molecular weight is 378 g/mol. The van der Waals surface area contributed by atoms with Crippen molar-refractivity contribution in [2.24, 2.45) is 0 Å². The second-order valence-corrected chi connectivity index (χ2v) is 7.04. The smallest absolute Gasteiger partial charge is 0.305 e. The topological polar surface area (TPSA) is 100.0 Å². The molecule has 2 N–H and O–H groups in total. The molecule has 2 heterocycles. The molecule has 27 heavy (non-hydrogen) atoms. The molecule has 150 valence electrons. The van der Waals surface area contributed by atoms with Crippen LogP contribution in [0.5, 0.6) is 0 Å². The Kier molecular flexibility index (Phi) is 9.21. The lowest BCUT2D eigenvalue weighted by Crippen LogP contribution is -2.44. The first kappa shape index (κ1) is 21.3. The number of carboxylic acids is 1. The van der Waals surface area contributed by atoms with Gasteiger partial charge in [0.15, 0.2) is 0 Å². The number of nitrogens with zero attached hydrogens (tertiary/aromatic N) is 2. The number of carboxylic acid groups (broad SMARTS) is 1. The summed E-state index contributed by atoms with van der Waals surface area (Å²) in [7, 11) is 0. The molecule has 0 bridgehead atoms. The molecule has 1 unspecified atom stereocenters. The van der Waals surface area contributed by atoms with Crippen LogP contribution in [0.1, 0.15) is 50.5 Å². The minimum Gasteiger partial charge on any atom is -0.481 e. The number of pyridine rings is 1. The Morgan fingerprint density at radius 1 is 1.41 bits per heavy atom. The molecule has 1 amide bonds. The standard InChI is InChI=1S/C20H30N2O5/c23-18(14-16-4-2-10-21-15-16)8-7-17-5-1-6-19(24)22(17)11-3-12-27-13-9-20(25)26/h2,4,10,15,17-18,23H,1,3,5-9,11-14H2,(H,25,26)/t17-,18?/m1/s1. The molecule has 0 spiro atoms. The molecule has 2 atom stereocenters. The van der Waals surface area contributed by atoms with E-state index in [1.54, 1.807) is 12.4 Å². The molecule has 0 aromatic carbocycles. The Balaban J connectivity index is 1.72. The van der Waals surface area contributed by atoms with E-state index in [-0.39, 0.29) is 25.0 Å². The zero-order valence-electron chi connectivity index (χ0n) is 15.8. The van der Waals surface area contributed by atoms with Crippen LogP contribution >= 0.6 is 0 Å². The number of hydrogen-bond donors (Lipinski definition) is 2. The molecule has 7 heteroatoms. The number of amides is 1. The fourth-order valence-electron chi connectivity index (χ4n) is 3.48. The molecule has 0 radical (unpaired) electrons. The van der Waals surface area contributed by atoms with Crippen molar-refractivity contribution in [3.05, 3.63) is 30.1 Å². The van der Waals surface area contributed by atoms with Crippen LogP contribution in [0, 0.1) is 0 Å². The van der Waals surface area contributed by atoms with Gasteiger partial charge in [-0.25, -0.2) is 0 Å². The van der Waals surface area contributed by atoms with E-state index in [1.165, 1.54) is 0 Å². The van der Waals surface area contributed by atoms with E-state index in [1.807, 2.05) is 17.0 Å². The van der Waals surface area contributed by atoms with E-state index in [0.29, 0.717) is 38.8 Å². The van der Waals surface area contributed by atoms with Gasteiger partial charge in [-0.05, 0) is 50.2 Å². The first-order chi connectivity index (χ1) is 13.1. The molecular weight excluding hydrogens is 348 g/mol. The lowest BCUT2D eigenvalue weighted by Gasteiger charge is -2.36. The van der Waals surface area contributed by atoms with Crippen LogP contribution in [-0.2, 0) is 20.7 Å².